The van der Waals surface area contributed by atoms with Gasteiger partial charge in [0.2, 0.25) is 0 Å². The van der Waals surface area contributed by atoms with E-state index in [9.17, 15) is 9.59 Å². The Morgan fingerprint density at radius 3 is 2.36 bits per heavy atom. The number of carbonyl (C=O) groups is 2. The van der Waals surface area contributed by atoms with Crippen LogP contribution < -0.4 is 20.2 Å². The number of nitrogens with one attached hydrogen (secondary N) is 2. The number of methoxy groups -OCH3 is 2. The van der Waals surface area contributed by atoms with Crippen molar-refractivity contribution in [3.63, 3.8) is 0 Å². The van der Waals surface area contributed by atoms with E-state index >= 15 is 0 Å². The van der Waals surface area contributed by atoms with Crippen molar-refractivity contribution in [3.05, 3.63) is 58.1 Å². The average Bonchev–Trinajstić information content (AvgIpc) is 2.71. The van der Waals surface area contributed by atoms with Gasteiger partial charge in [0, 0.05) is 21.7 Å². The molecule has 0 fully saturated rings. The Labute approximate surface area is 172 Å². The molecule has 0 aromatic heterocycles. The lowest BCUT2D eigenvalue weighted by molar-refractivity contribution is -0.122. The second-order valence-corrected chi connectivity index (χ2v) is 6.86. The highest BCUT2D eigenvalue weighted by Gasteiger charge is 2.17. The van der Waals surface area contributed by atoms with Crippen molar-refractivity contribution >= 4 is 33.5 Å². The van der Waals surface area contributed by atoms with Crippen LogP contribution in [0.15, 0.2) is 52.0 Å². The van der Waals surface area contributed by atoms with Gasteiger partial charge in [0.1, 0.15) is 17.5 Å². The normalized spacial score (nSPS) is 12.1. The molecule has 0 heterocycles. The predicted octanol–water partition coefficient (Wildman–Crippen LogP) is 3.13. The minimum atomic E-state index is -0.759. The molecule has 2 rings (SSSR count). The van der Waals surface area contributed by atoms with E-state index in [0.29, 0.717) is 22.8 Å². The van der Waals surface area contributed by atoms with Gasteiger partial charge >= 0.3 is 0 Å². The first-order chi connectivity index (χ1) is 13.3. The summed E-state index contributed by atoms with van der Waals surface area (Å²) in [7, 11) is 3.11. The first kappa shape index (κ1) is 21.4. The molecule has 0 bridgehead atoms. The maximum absolute atomic E-state index is 12.3. The fourth-order valence-electron chi connectivity index (χ4n) is 2.34. The third kappa shape index (κ3) is 5.56. The van der Waals surface area contributed by atoms with Gasteiger partial charge in [-0.05, 0) is 50.2 Å². The van der Waals surface area contributed by atoms with Gasteiger partial charge in [-0.3, -0.25) is 9.59 Å². The summed E-state index contributed by atoms with van der Waals surface area (Å²) in [5, 5.41) is 6.75. The van der Waals surface area contributed by atoms with E-state index in [1.807, 2.05) is 0 Å². The van der Waals surface area contributed by atoms with Crippen molar-refractivity contribution in [2.75, 3.05) is 14.2 Å². The lowest BCUT2D eigenvalue weighted by Crippen LogP contribution is -2.43. The third-order valence-electron chi connectivity index (χ3n) is 3.98. The summed E-state index contributed by atoms with van der Waals surface area (Å²) >= 11 is 3.31. The van der Waals surface area contributed by atoms with E-state index in [2.05, 4.69) is 31.8 Å². The third-order valence-corrected chi connectivity index (χ3v) is 4.51. The fraction of sp³-hybridized carbons (Fsp3) is 0.250. The molecule has 0 aliphatic carbocycles. The number of rotatable bonds is 7. The van der Waals surface area contributed by atoms with Gasteiger partial charge in [-0.15, -0.1) is 0 Å². The molecule has 2 N–H and O–H groups in total. The molecular formula is C20H22BrN3O4. The molecule has 2 amide bonds. The summed E-state index contributed by atoms with van der Waals surface area (Å²) in [6.45, 7) is 3.33. The van der Waals surface area contributed by atoms with Crippen molar-refractivity contribution in [2.24, 2.45) is 5.10 Å². The number of hydrogen-bond donors (Lipinski definition) is 2. The number of hydrazone groups is 1. The highest BCUT2D eigenvalue weighted by atomic mass is 79.9. The smallest absolute Gasteiger partial charge is 0.262 e. The Balaban J connectivity index is 2.01. The lowest BCUT2D eigenvalue weighted by atomic mass is 10.1. The van der Waals surface area contributed by atoms with E-state index in [-0.39, 0.29) is 5.91 Å². The molecule has 8 heteroatoms. The summed E-state index contributed by atoms with van der Waals surface area (Å²) in [5.41, 5.74) is 4.20. The van der Waals surface area contributed by atoms with E-state index < -0.39 is 11.9 Å². The number of benzene rings is 2. The molecule has 2 aromatic carbocycles. The molecule has 0 aliphatic rings. The van der Waals surface area contributed by atoms with Crippen LogP contribution in [0.25, 0.3) is 0 Å². The zero-order chi connectivity index (χ0) is 20.7. The molecule has 7 nitrogen and oxygen atoms in total. The molecule has 0 spiro atoms. The first-order valence-corrected chi connectivity index (χ1v) is 9.28. The Bertz CT molecular complexity index is 882. The number of nitrogens with zero attached hydrogens (tertiary/aromatic N) is 1. The van der Waals surface area contributed by atoms with Crippen LogP contribution in [-0.2, 0) is 4.79 Å². The minimum Gasteiger partial charge on any atom is -0.497 e. The van der Waals surface area contributed by atoms with E-state index in [4.69, 9.17) is 9.47 Å². The van der Waals surface area contributed by atoms with Gasteiger partial charge in [-0.2, -0.15) is 5.10 Å². The Kier molecular flexibility index (Phi) is 7.57. The second kappa shape index (κ2) is 9.89. The molecule has 148 valence electrons. The van der Waals surface area contributed by atoms with Crippen molar-refractivity contribution in [1.29, 1.82) is 0 Å². The van der Waals surface area contributed by atoms with Gasteiger partial charge in [0.15, 0.2) is 0 Å². The van der Waals surface area contributed by atoms with Gasteiger partial charge in [0.05, 0.1) is 19.9 Å². The summed E-state index contributed by atoms with van der Waals surface area (Å²) in [6.07, 6.45) is 0. The van der Waals surface area contributed by atoms with Crippen LogP contribution in [0, 0.1) is 0 Å². The summed E-state index contributed by atoms with van der Waals surface area (Å²) < 4.78 is 11.4. The molecule has 0 aliphatic heterocycles. The predicted molar refractivity (Wildman–Crippen MR) is 111 cm³/mol. The SMILES string of the molecule is COc1ccc(/C(C)=N\NC(=O)[C@H](C)NC(=O)c2ccc(Br)cc2)c(OC)c1. The molecule has 28 heavy (non-hydrogen) atoms. The van der Waals surface area contributed by atoms with Gasteiger partial charge in [0.25, 0.3) is 11.8 Å². The van der Waals surface area contributed by atoms with Crippen molar-refractivity contribution in [3.8, 4) is 11.5 Å². The fourth-order valence-corrected chi connectivity index (χ4v) is 2.60. The van der Waals surface area contributed by atoms with Crippen LogP contribution >= 0.6 is 15.9 Å². The monoisotopic (exact) mass is 447 g/mol. The highest BCUT2D eigenvalue weighted by Crippen LogP contribution is 2.25. The molecule has 0 saturated heterocycles. The molecule has 2 aromatic rings. The number of halogens is 1. The van der Waals surface area contributed by atoms with E-state index in [0.717, 1.165) is 10.0 Å². The maximum atomic E-state index is 12.3. The van der Waals surface area contributed by atoms with Crippen LogP contribution in [0.2, 0.25) is 0 Å². The van der Waals surface area contributed by atoms with Crippen LogP contribution in [-0.4, -0.2) is 37.8 Å². The van der Waals surface area contributed by atoms with E-state index in [1.165, 1.54) is 0 Å². The number of carbonyl (C=O) groups excluding carboxylic acids is 2. The van der Waals surface area contributed by atoms with Crippen LogP contribution in [0.1, 0.15) is 29.8 Å². The van der Waals surface area contributed by atoms with Crippen molar-refractivity contribution in [1.82, 2.24) is 10.7 Å². The molecule has 0 radical (unpaired) electrons. The lowest BCUT2D eigenvalue weighted by Gasteiger charge is -2.13. The first-order valence-electron chi connectivity index (χ1n) is 8.48. The Morgan fingerprint density at radius 1 is 1.07 bits per heavy atom. The standard InChI is InChI=1S/C20H22BrN3O4/c1-12(17-10-9-16(27-3)11-18(17)28-4)23-24-19(25)13(2)22-20(26)14-5-7-15(21)8-6-14/h5-11,13H,1-4H3,(H,22,26)(H,24,25)/b23-12-/t13-/m0/s1. The van der Waals surface area contributed by atoms with Crippen molar-refractivity contribution < 1.29 is 19.1 Å². The number of amides is 2. The molecule has 0 unspecified atom stereocenters. The van der Waals surface area contributed by atoms with Crippen LogP contribution in [0.5, 0.6) is 11.5 Å². The molecule has 0 saturated carbocycles. The van der Waals surface area contributed by atoms with Gasteiger partial charge in [-0.1, -0.05) is 15.9 Å². The molecular weight excluding hydrogens is 426 g/mol. The zero-order valence-electron chi connectivity index (χ0n) is 16.1. The quantitative estimate of drug-likeness (QED) is 0.503. The maximum Gasteiger partial charge on any atom is 0.262 e. The van der Waals surface area contributed by atoms with Gasteiger partial charge in [-0.25, -0.2) is 5.43 Å². The summed E-state index contributed by atoms with van der Waals surface area (Å²) in [4.78, 5) is 24.5. The van der Waals surface area contributed by atoms with Crippen LogP contribution in [0.3, 0.4) is 0 Å². The average molecular weight is 448 g/mol. The van der Waals surface area contributed by atoms with Gasteiger partial charge < -0.3 is 14.8 Å². The molecule has 1 atom stereocenters. The Hall–Kier alpha value is -2.87. The minimum absolute atomic E-state index is 0.340. The largest absolute Gasteiger partial charge is 0.497 e. The van der Waals surface area contributed by atoms with Crippen LogP contribution in [0.4, 0.5) is 0 Å². The number of hydrogen-bond acceptors (Lipinski definition) is 5. The number of ether oxygens (including phenoxy) is 2. The highest BCUT2D eigenvalue weighted by molar-refractivity contribution is 9.10. The summed E-state index contributed by atoms with van der Waals surface area (Å²) in [6, 6.07) is 11.4. The van der Waals surface area contributed by atoms with Crippen molar-refractivity contribution in [2.45, 2.75) is 19.9 Å². The van der Waals surface area contributed by atoms with E-state index in [1.54, 1.807) is 70.5 Å². The zero-order valence-corrected chi connectivity index (χ0v) is 17.7. The Morgan fingerprint density at radius 2 is 1.75 bits per heavy atom. The summed E-state index contributed by atoms with van der Waals surface area (Å²) in [5.74, 6) is 0.457. The topological polar surface area (TPSA) is 89.0 Å². The second-order valence-electron chi connectivity index (χ2n) is 5.94.